The minimum absolute atomic E-state index is 0.581. The van der Waals surface area contributed by atoms with E-state index in [4.69, 9.17) is 13.3 Å². The first kappa shape index (κ1) is 20.5. The molecule has 7 nitrogen and oxygen atoms in total. The zero-order chi connectivity index (χ0) is 25.5. The third-order valence-electron chi connectivity index (χ3n) is 7.37. The van der Waals surface area contributed by atoms with Crippen LogP contribution in [0.5, 0.6) is 0 Å². The molecule has 0 unspecified atom stereocenters. The van der Waals surface area contributed by atoms with E-state index in [0.29, 0.717) is 5.71 Å². The summed E-state index contributed by atoms with van der Waals surface area (Å²) < 4.78 is 18.6. The second-order valence-corrected chi connectivity index (χ2v) is 9.53. The van der Waals surface area contributed by atoms with Crippen LogP contribution in [0, 0.1) is 0 Å². The van der Waals surface area contributed by atoms with Gasteiger partial charge >= 0.3 is 0 Å². The molecule has 0 fully saturated rings. The van der Waals surface area contributed by atoms with Gasteiger partial charge in [-0.25, -0.2) is 4.98 Å². The van der Waals surface area contributed by atoms with E-state index in [9.17, 15) is 0 Å². The SMILES string of the molecule is c1cnc2oc3c(-c4ccc5oc6ccc(-c7ccnc8c7oc7ccncc78)cc6c5c4)ccnc3c2c1. The highest BCUT2D eigenvalue weighted by Gasteiger charge is 2.17. The highest BCUT2D eigenvalue weighted by Crippen LogP contribution is 2.40. The summed E-state index contributed by atoms with van der Waals surface area (Å²) in [6.45, 7) is 0. The Bertz CT molecular complexity index is 2250. The van der Waals surface area contributed by atoms with Crippen molar-refractivity contribution in [2.75, 3.05) is 0 Å². The summed E-state index contributed by atoms with van der Waals surface area (Å²) in [4.78, 5) is 17.8. The topological polar surface area (TPSA) is 91.0 Å². The molecule has 0 N–H and O–H groups in total. The molecule has 0 aliphatic carbocycles. The van der Waals surface area contributed by atoms with Gasteiger partial charge in [-0.2, -0.15) is 0 Å². The summed E-state index contributed by atoms with van der Waals surface area (Å²) in [5.74, 6) is 0. The van der Waals surface area contributed by atoms with Crippen molar-refractivity contribution in [2.45, 2.75) is 0 Å². The minimum atomic E-state index is 0.581. The third kappa shape index (κ3) is 2.86. The van der Waals surface area contributed by atoms with Gasteiger partial charge in [0.15, 0.2) is 11.2 Å². The maximum absolute atomic E-state index is 6.22. The summed E-state index contributed by atoms with van der Waals surface area (Å²) in [6.07, 6.45) is 8.87. The van der Waals surface area contributed by atoms with Gasteiger partial charge in [0.25, 0.3) is 0 Å². The number of nitrogens with zero attached hydrogens (tertiary/aromatic N) is 4. The highest BCUT2D eigenvalue weighted by atomic mass is 16.3. The van der Waals surface area contributed by atoms with Crippen LogP contribution in [0.4, 0.5) is 0 Å². The molecule has 0 aliphatic rings. The Hall–Kier alpha value is -5.56. The zero-order valence-electron chi connectivity index (χ0n) is 20.3. The lowest BCUT2D eigenvalue weighted by molar-refractivity contribution is 0.654. The van der Waals surface area contributed by atoms with Crippen LogP contribution < -0.4 is 0 Å². The third-order valence-corrected chi connectivity index (χ3v) is 7.37. The second-order valence-electron chi connectivity index (χ2n) is 9.53. The fraction of sp³-hybridized carbons (Fsp3) is 0. The predicted molar refractivity (Wildman–Crippen MR) is 150 cm³/mol. The smallest absolute Gasteiger partial charge is 0.228 e. The van der Waals surface area contributed by atoms with Crippen molar-refractivity contribution in [3.05, 3.63) is 97.7 Å². The first-order chi connectivity index (χ1) is 19.3. The van der Waals surface area contributed by atoms with Crippen molar-refractivity contribution in [2.24, 2.45) is 0 Å². The van der Waals surface area contributed by atoms with Gasteiger partial charge in [0.2, 0.25) is 5.71 Å². The van der Waals surface area contributed by atoms with E-state index in [2.05, 4.69) is 44.2 Å². The van der Waals surface area contributed by atoms with Gasteiger partial charge in [0, 0.05) is 52.9 Å². The van der Waals surface area contributed by atoms with E-state index in [0.717, 1.165) is 82.7 Å². The summed E-state index contributed by atoms with van der Waals surface area (Å²) in [5.41, 5.74) is 10.0. The number of rotatable bonds is 2. The Morgan fingerprint density at radius 2 is 1.15 bits per heavy atom. The number of furan rings is 3. The van der Waals surface area contributed by atoms with Gasteiger partial charge in [-0.15, -0.1) is 0 Å². The van der Waals surface area contributed by atoms with Crippen molar-refractivity contribution < 1.29 is 13.3 Å². The van der Waals surface area contributed by atoms with E-state index in [1.54, 1.807) is 18.6 Å². The van der Waals surface area contributed by atoms with Crippen molar-refractivity contribution in [3.8, 4) is 22.3 Å². The van der Waals surface area contributed by atoms with Crippen molar-refractivity contribution in [3.63, 3.8) is 0 Å². The van der Waals surface area contributed by atoms with E-state index < -0.39 is 0 Å². The summed E-state index contributed by atoms with van der Waals surface area (Å²) in [6, 6.07) is 22.1. The molecule has 0 saturated carbocycles. The van der Waals surface area contributed by atoms with Crippen LogP contribution in [0.2, 0.25) is 0 Å². The quantitative estimate of drug-likeness (QED) is 0.234. The lowest BCUT2D eigenvalue weighted by Gasteiger charge is -2.04. The van der Waals surface area contributed by atoms with Crippen molar-refractivity contribution in [1.29, 1.82) is 0 Å². The van der Waals surface area contributed by atoms with Gasteiger partial charge < -0.3 is 13.3 Å². The zero-order valence-corrected chi connectivity index (χ0v) is 20.3. The van der Waals surface area contributed by atoms with Crippen LogP contribution in [-0.2, 0) is 0 Å². The van der Waals surface area contributed by atoms with Gasteiger partial charge in [0.05, 0.1) is 10.8 Å². The van der Waals surface area contributed by atoms with Gasteiger partial charge in [-0.1, -0.05) is 12.1 Å². The maximum Gasteiger partial charge on any atom is 0.228 e. The number of hydrogen-bond acceptors (Lipinski definition) is 7. The second kappa shape index (κ2) is 7.49. The van der Waals surface area contributed by atoms with Gasteiger partial charge in [0.1, 0.15) is 27.8 Å². The van der Waals surface area contributed by atoms with E-state index in [1.165, 1.54) is 0 Å². The Labute approximate surface area is 219 Å². The average molecular weight is 505 g/mol. The molecule has 0 atom stereocenters. The Morgan fingerprint density at radius 1 is 0.487 bits per heavy atom. The first-order valence-corrected chi connectivity index (χ1v) is 12.5. The monoisotopic (exact) mass is 504 g/mol. The van der Waals surface area contributed by atoms with E-state index in [-0.39, 0.29) is 0 Å². The lowest BCUT2D eigenvalue weighted by Crippen LogP contribution is -1.82. The van der Waals surface area contributed by atoms with Crippen LogP contribution >= 0.6 is 0 Å². The molecule has 0 spiro atoms. The Morgan fingerprint density at radius 3 is 1.90 bits per heavy atom. The molecule has 9 aromatic rings. The van der Waals surface area contributed by atoms with Crippen LogP contribution in [0.15, 0.2) is 111 Å². The minimum Gasteiger partial charge on any atom is -0.456 e. The van der Waals surface area contributed by atoms with Gasteiger partial charge in [-0.05, 0) is 65.7 Å². The average Bonchev–Trinajstić information content (AvgIpc) is 3.67. The lowest BCUT2D eigenvalue weighted by atomic mass is 10.00. The standard InChI is InChI=1S/C32H16N4O3/c1-2-21-28-31(39-32(21)36-10-1)20(8-12-34-28)18-4-6-26-23(15-18)22-14-17(3-5-25(22)37-26)19-7-13-35-29-24-16-33-11-9-27(24)38-30(19)29/h1-16H. The summed E-state index contributed by atoms with van der Waals surface area (Å²) in [7, 11) is 0. The number of hydrogen-bond donors (Lipinski definition) is 0. The predicted octanol–water partition coefficient (Wildman–Crippen LogP) is 8.30. The molecular weight excluding hydrogens is 488 g/mol. The molecule has 9 rings (SSSR count). The molecule has 182 valence electrons. The van der Waals surface area contributed by atoms with Gasteiger partial charge in [-0.3, -0.25) is 15.0 Å². The molecule has 0 saturated heterocycles. The van der Waals surface area contributed by atoms with E-state index >= 15 is 0 Å². The molecule has 39 heavy (non-hydrogen) atoms. The number of pyridine rings is 4. The Kier molecular flexibility index (Phi) is 3.93. The van der Waals surface area contributed by atoms with Crippen molar-refractivity contribution >= 4 is 66.2 Å². The van der Waals surface area contributed by atoms with Crippen LogP contribution in [0.1, 0.15) is 0 Å². The fourth-order valence-electron chi connectivity index (χ4n) is 5.56. The van der Waals surface area contributed by atoms with Crippen LogP contribution in [-0.4, -0.2) is 19.9 Å². The number of benzene rings is 2. The Balaban J connectivity index is 1.26. The molecular formula is C32H16N4O3. The summed E-state index contributed by atoms with van der Waals surface area (Å²) >= 11 is 0. The number of fused-ring (bicyclic) bond motifs is 9. The van der Waals surface area contributed by atoms with Crippen LogP contribution in [0.3, 0.4) is 0 Å². The first-order valence-electron chi connectivity index (χ1n) is 12.5. The fourth-order valence-corrected chi connectivity index (χ4v) is 5.56. The molecule has 0 radical (unpaired) electrons. The van der Waals surface area contributed by atoms with Crippen LogP contribution in [0.25, 0.3) is 88.5 Å². The molecule has 7 heterocycles. The molecule has 7 aromatic heterocycles. The molecule has 0 bridgehead atoms. The maximum atomic E-state index is 6.22. The largest absolute Gasteiger partial charge is 0.456 e. The van der Waals surface area contributed by atoms with Crippen molar-refractivity contribution in [1.82, 2.24) is 19.9 Å². The number of aromatic nitrogens is 4. The normalized spacial score (nSPS) is 12.1. The molecule has 2 aromatic carbocycles. The molecule has 0 amide bonds. The molecule has 0 aliphatic heterocycles. The van der Waals surface area contributed by atoms with E-state index in [1.807, 2.05) is 54.9 Å². The highest BCUT2D eigenvalue weighted by molar-refractivity contribution is 6.12. The summed E-state index contributed by atoms with van der Waals surface area (Å²) in [5, 5.41) is 3.84. The molecule has 7 heteroatoms.